The van der Waals surface area contributed by atoms with E-state index in [1.165, 1.54) is 0 Å². The lowest BCUT2D eigenvalue weighted by molar-refractivity contribution is 0.472. The molecule has 0 unspecified atom stereocenters. The molecule has 0 aliphatic rings. The molecular formula is C7H4N2OS. The molecule has 0 aliphatic heterocycles. The third kappa shape index (κ3) is 1.04. The third-order valence-electron chi connectivity index (χ3n) is 1.32. The van der Waals surface area contributed by atoms with Gasteiger partial charge in [0.15, 0.2) is 0 Å². The van der Waals surface area contributed by atoms with Crippen molar-refractivity contribution in [1.82, 2.24) is 0 Å². The van der Waals surface area contributed by atoms with Crippen molar-refractivity contribution in [2.75, 3.05) is 0 Å². The summed E-state index contributed by atoms with van der Waals surface area (Å²) in [6, 6.07) is 3.71. The molecule has 0 aliphatic carbocycles. The van der Waals surface area contributed by atoms with Gasteiger partial charge in [0.25, 0.3) is 0 Å². The van der Waals surface area contributed by atoms with Crippen molar-refractivity contribution in [2.45, 2.75) is 6.92 Å². The maximum Gasteiger partial charge on any atom is 0.148 e. The highest BCUT2D eigenvalue weighted by atomic mass is 32.1. The Balaban J connectivity index is 3.40. The fraction of sp³-hybridized carbons (Fsp3) is 0.143. The maximum atomic E-state index is 9.19. The van der Waals surface area contributed by atoms with Gasteiger partial charge in [-0.05, 0) is 6.92 Å². The predicted molar refractivity (Wildman–Crippen MR) is 40.2 cm³/mol. The molecule has 54 valence electrons. The van der Waals surface area contributed by atoms with E-state index >= 15 is 0 Å². The van der Waals surface area contributed by atoms with Gasteiger partial charge in [0.2, 0.25) is 0 Å². The number of aromatic hydroxyl groups is 1. The molecule has 1 aromatic rings. The molecule has 0 saturated carbocycles. The number of hydrogen-bond donors (Lipinski definition) is 1. The molecule has 0 aromatic carbocycles. The van der Waals surface area contributed by atoms with Gasteiger partial charge >= 0.3 is 0 Å². The van der Waals surface area contributed by atoms with Crippen LogP contribution in [0.5, 0.6) is 5.75 Å². The summed E-state index contributed by atoms with van der Waals surface area (Å²) in [6.45, 7) is 1.62. The van der Waals surface area contributed by atoms with Crippen molar-refractivity contribution in [1.29, 1.82) is 10.5 Å². The van der Waals surface area contributed by atoms with Crippen LogP contribution in [-0.2, 0) is 0 Å². The van der Waals surface area contributed by atoms with Gasteiger partial charge in [-0.2, -0.15) is 10.5 Å². The summed E-state index contributed by atoms with van der Waals surface area (Å²) < 4.78 is 0. The molecule has 1 aromatic heterocycles. The standard InChI is InChI=1S/C7H4N2OS/c1-4-5(2-8)11-6(3-9)7(4)10/h10H,1H3. The minimum atomic E-state index is -0.0611. The average molecular weight is 164 g/mol. The summed E-state index contributed by atoms with van der Waals surface area (Å²) in [5.74, 6) is -0.0611. The normalized spacial score (nSPS) is 8.64. The van der Waals surface area contributed by atoms with Gasteiger partial charge in [-0.1, -0.05) is 0 Å². The van der Waals surface area contributed by atoms with Crippen LogP contribution in [0.3, 0.4) is 0 Å². The number of rotatable bonds is 0. The summed E-state index contributed by atoms with van der Waals surface area (Å²) in [4.78, 5) is 0.609. The molecule has 0 atom stereocenters. The van der Waals surface area contributed by atoms with Crippen LogP contribution >= 0.6 is 11.3 Å². The van der Waals surface area contributed by atoms with E-state index in [0.29, 0.717) is 10.4 Å². The van der Waals surface area contributed by atoms with E-state index in [1.54, 1.807) is 6.92 Å². The van der Waals surface area contributed by atoms with Gasteiger partial charge < -0.3 is 5.11 Å². The third-order valence-corrected chi connectivity index (χ3v) is 2.41. The number of nitrogens with zero attached hydrogens (tertiary/aromatic N) is 2. The van der Waals surface area contributed by atoms with Crippen LogP contribution in [0.25, 0.3) is 0 Å². The first-order chi connectivity index (χ1) is 5.20. The lowest BCUT2D eigenvalue weighted by Crippen LogP contribution is -1.70. The minimum absolute atomic E-state index is 0.0611. The van der Waals surface area contributed by atoms with Crippen LogP contribution in [0.15, 0.2) is 0 Å². The van der Waals surface area contributed by atoms with E-state index in [1.807, 2.05) is 12.1 Å². The van der Waals surface area contributed by atoms with E-state index in [-0.39, 0.29) is 10.6 Å². The molecule has 0 spiro atoms. The lowest BCUT2D eigenvalue weighted by Gasteiger charge is -1.85. The summed E-state index contributed by atoms with van der Waals surface area (Å²) in [7, 11) is 0. The first-order valence-electron chi connectivity index (χ1n) is 2.83. The Hall–Kier alpha value is -1.52. The van der Waals surface area contributed by atoms with E-state index in [9.17, 15) is 5.11 Å². The summed E-state index contributed by atoms with van der Waals surface area (Å²) in [6.07, 6.45) is 0. The molecule has 1 N–H and O–H groups in total. The Bertz CT molecular complexity index is 333. The SMILES string of the molecule is Cc1c(C#N)sc(C#N)c1O. The molecule has 11 heavy (non-hydrogen) atoms. The minimum Gasteiger partial charge on any atom is -0.505 e. The Morgan fingerprint density at radius 1 is 1.27 bits per heavy atom. The molecule has 4 heteroatoms. The van der Waals surface area contributed by atoms with Crippen LogP contribution in [0.4, 0.5) is 0 Å². The highest BCUT2D eigenvalue weighted by molar-refractivity contribution is 7.13. The molecular weight excluding hydrogens is 160 g/mol. The van der Waals surface area contributed by atoms with Crippen molar-refractivity contribution >= 4 is 11.3 Å². The Kier molecular flexibility index (Phi) is 1.80. The zero-order valence-corrected chi connectivity index (χ0v) is 6.57. The molecule has 1 rings (SSSR count). The highest BCUT2D eigenvalue weighted by Crippen LogP contribution is 2.32. The highest BCUT2D eigenvalue weighted by Gasteiger charge is 2.12. The smallest absolute Gasteiger partial charge is 0.148 e. The molecule has 1 heterocycles. The van der Waals surface area contributed by atoms with Crippen LogP contribution in [0.1, 0.15) is 15.3 Å². The van der Waals surface area contributed by atoms with Crippen molar-refractivity contribution < 1.29 is 5.11 Å². The second kappa shape index (κ2) is 2.61. The second-order valence-corrected chi connectivity index (χ2v) is 2.98. The zero-order valence-electron chi connectivity index (χ0n) is 5.75. The molecule has 0 bridgehead atoms. The second-order valence-electron chi connectivity index (χ2n) is 1.96. The summed E-state index contributed by atoms with van der Waals surface area (Å²) in [5.41, 5.74) is 0.494. The number of hydrogen-bond acceptors (Lipinski definition) is 4. The van der Waals surface area contributed by atoms with Crippen molar-refractivity contribution in [3.8, 4) is 17.9 Å². The van der Waals surface area contributed by atoms with E-state index < -0.39 is 0 Å². The van der Waals surface area contributed by atoms with Gasteiger partial charge in [-0.3, -0.25) is 0 Å². The largest absolute Gasteiger partial charge is 0.505 e. The van der Waals surface area contributed by atoms with Gasteiger partial charge in [-0.15, -0.1) is 11.3 Å². The Morgan fingerprint density at radius 3 is 2.09 bits per heavy atom. The van der Waals surface area contributed by atoms with Gasteiger partial charge in [0.1, 0.15) is 27.6 Å². The van der Waals surface area contributed by atoms with Crippen molar-refractivity contribution in [3.63, 3.8) is 0 Å². The van der Waals surface area contributed by atoms with Crippen LogP contribution < -0.4 is 0 Å². The monoisotopic (exact) mass is 164 g/mol. The summed E-state index contributed by atoms with van der Waals surface area (Å²) in [5, 5.41) is 26.1. The molecule has 0 fully saturated rings. The van der Waals surface area contributed by atoms with Crippen molar-refractivity contribution in [3.05, 3.63) is 15.3 Å². The predicted octanol–water partition coefficient (Wildman–Crippen LogP) is 1.51. The average Bonchev–Trinajstić information content (AvgIpc) is 2.30. The number of thiophene rings is 1. The fourth-order valence-corrected chi connectivity index (χ4v) is 1.48. The molecule has 0 saturated heterocycles. The fourth-order valence-electron chi connectivity index (χ4n) is 0.687. The topological polar surface area (TPSA) is 67.8 Å². The van der Waals surface area contributed by atoms with E-state index in [2.05, 4.69) is 0 Å². The van der Waals surface area contributed by atoms with Crippen LogP contribution in [0.2, 0.25) is 0 Å². The van der Waals surface area contributed by atoms with Gasteiger partial charge in [-0.25, -0.2) is 0 Å². The molecule has 0 amide bonds. The zero-order chi connectivity index (χ0) is 8.43. The van der Waals surface area contributed by atoms with Crippen LogP contribution in [0, 0.1) is 29.6 Å². The molecule has 3 nitrogen and oxygen atoms in total. The lowest BCUT2D eigenvalue weighted by atomic mass is 10.2. The number of nitriles is 2. The maximum absolute atomic E-state index is 9.19. The van der Waals surface area contributed by atoms with E-state index in [4.69, 9.17) is 10.5 Å². The first-order valence-corrected chi connectivity index (χ1v) is 3.65. The van der Waals surface area contributed by atoms with Gasteiger partial charge in [0.05, 0.1) is 0 Å². The molecule has 0 radical (unpaired) electrons. The Labute approximate surface area is 67.7 Å². The van der Waals surface area contributed by atoms with Crippen LogP contribution in [-0.4, -0.2) is 5.11 Å². The van der Waals surface area contributed by atoms with Crippen molar-refractivity contribution in [2.24, 2.45) is 0 Å². The first kappa shape index (κ1) is 7.59. The summed E-state index contributed by atoms with van der Waals surface area (Å²) >= 11 is 1.01. The van der Waals surface area contributed by atoms with Gasteiger partial charge in [0, 0.05) is 5.56 Å². The van der Waals surface area contributed by atoms with E-state index in [0.717, 1.165) is 11.3 Å². The Morgan fingerprint density at radius 2 is 1.82 bits per heavy atom. The quantitative estimate of drug-likeness (QED) is 0.631.